The molecular weight excluding hydrogens is 515 g/mol. The van der Waals surface area contributed by atoms with E-state index in [-0.39, 0.29) is 31.2 Å². The van der Waals surface area contributed by atoms with Crippen molar-refractivity contribution in [1.82, 2.24) is 0 Å². The molecule has 0 saturated carbocycles. The fraction of sp³-hybridized carbons (Fsp3) is 0.250. The fourth-order valence-electron chi connectivity index (χ4n) is 4.28. The van der Waals surface area contributed by atoms with Gasteiger partial charge in [0.25, 0.3) is 20.0 Å². The second-order valence-corrected chi connectivity index (χ2v) is 12.4. The van der Waals surface area contributed by atoms with Gasteiger partial charge in [0.2, 0.25) is 0 Å². The van der Waals surface area contributed by atoms with Crippen LogP contribution in [0.25, 0.3) is 0 Å². The van der Waals surface area contributed by atoms with E-state index in [1.807, 2.05) is 13.8 Å². The van der Waals surface area contributed by atoms with Crippen LogP contribution in [0.1, 0.15) is 33.4 Å². The largest absolute Gasteiger partial charge is 0.278 e. The molecule has 0 fully saturated rings. The van der Waals surface area contributed by atoms with Crippen LogP contribution < -0.4 is 9.44 Å². The monoisotopic (exact) mass is 540 g/mol. The highest BCUT2D eigenvalue weighted by Crippen LogP contribution is 2.39. The molecule has 2 N–H and O–H groups in total. The van der Waals surface area contributed by atoms with E-state index < -0.39 is 20.0 Å². The summed E-state index contributed by atoms with van der Waals surface area (Å²) >= 11 is 12.7. The maximum atomic E-state index is 13.1. The number of rotatable bonds is 6. The van der Waals surface area contributed by atoms with Gasteiger partial charge in [0.05, 0.1) is 31.2 Å². The van der Waals surface area contributed by atoms with Crippen molar-refractivity contribution in [1.29, 1.82) is 0 Å². The third-order valence-electron chi connectivity index (χ3n) is 5.32. The molecule has 0 spiro atoms. The predicted octanol–water partition coefficient (Wildman–Crippen LogP) is 6.45. The van der Waals surface area contributed by atoms with Gasteiger partial charge in [-0.05, 0) is 75.9 Å². The molecule has 10 heteroatoms. The molecule has 182 valence electrons. The van der Waals surface area contributed by atoms with E-state index in [1.165, 1.54) is 12.1 Å². The summed E-state index contributed by atoms with van der Waals surface area (Å²) in [5.41, 5.74) is 4.37. The van der Waals surface area contributed by atoms with Gasteiger partial charge in [-0.15, -0.1) is 0 Å². The van der Waals surface area contributed by atoms with Crippen LogP contribution in [0.15, 0.2) is 46.2 Å². The van der Waals surface area contributed by atoms with Crippen LogP contribution in [0.2, 0.25) is 10.0 Å². The lowest BCUT2D eigenvalue weighted by Crippen LogP contribution is -2.18. The molecule has 3 aromatic rings. The summed E-state index contributed by atoms with van der Waals surface area (Å²) < 4.78 is 57.3. The van der Waals surface area contributed by atoms with Crippen molar-refractivity contribution in [3.8, 4) is 0 Å². The van der Waals surface area contributed by atoms with Crippen LogP contribution in [-0.2, 0) is 20.0 Å². The van der Waals surface area contributed by atoms with Crippen LogP contribution in [0, 0.1) is 41.5 Å². The van der Waals surface area contributed by atoms with Crippen LogP contribution in [0.3, 0.4) is 0 Å². The zero-order valence-electron chi connectivity index (χ0n) is 19.7. The van der Waals surface area contributed by atoms with E-state index in [1.54, 1.807) is 52.0 Å². The third-order valence-corrected chi connectivity index (χ3v) is 9.54. The lowest BCUT2D eigenvalue weighted by atomic mass is 10.1. The van der Waals surface area contributed by atoms with Crippen molar-refractivity contribution in [2.75, 3.05) is 9.44 Å². The zero-order chi connectivity index (χ0) is 25.6. The normalized spacial score (nSPS) is 12.0. The number of hydrogen-bond acceptors (Lipinski definition) is 4. The molecule has 0 aliphatic heterocycles. The Morgan fingerprint density at radius 3 is 1.09 bits per heavy atom. The van der Waals surface area contributed by atoms with Gasteiger partial charge in [-0.25, -0.2) is 16.8 Å². The second kappa shape index (κ2) is 9.41. The van der Waals surface area contributed by atoms with Gasteiger partial charge in [-0.1, -0.05) is 58.6 Å². The highest BCUT2D eigenvalue weighted by Gasteiger charge is 2.25. The van der Waals surface area contributed by atoms with E-state index in [2.05, 4.69) is 9.44 Å². The minimum absolute atomic E-state index is 0.0386. The van der Waals surface area contributed by atoms with Gasteiger partial charge in [-0.3, -0.25) is 9.44 Å². The standard InChI is InChI=1S/C24H26Cl2N2O4S2/c1-13-9-15(3)23(16(4)10-13)33(29,30)27-19-7-8-20(22(26)21(19)25)28-34(31,32)24-17(5)11-14(2)12-18(24)6/h7-12,27-28H,1-6H3. The quantitative estimate of drug-likeness (QED) is 0.375. The van der Waals surface area contributed by atoms with Gasteiger partial charge in [-0.2, -0.15) is 0 Å². The van der Waals surface area contributed by atoms with Gasteiger partial charge in [0.1, 0.15) is 0 Å². The van der Waals surface area contributed by atoms with Crippen molar-refractivity contribution < 1.29 is 16.8 Å². The average molecular weight is 542 g/mol. The van der Waals surface area contributed by atoms with E-state index in [4.69, 9.17) is 23.2 Å². The molecule has 0 heterocycles. The van der Waals surface area contributed by atoms with E-state index in [9.17, 15) is 16.8 Å². The summed E-state index contributed by atoms with van der Waals surface area (Å²) in [6.45, 7) is 10.7. The van der Waals surface area contributed by atoms with Crippen LogP contribution in [0.5, 0.6) is 0 Å². The maximum absolute atomic E-state index is 13.1. The average Bonchev–Trinajstić information content (AvgIpc) is 2.65. The first-order valence-corrected chi connectivity index (χ1v) is 14.1. The molecule has 3 rings (SSSR count). The smallest absolute Gasteiger partial charge is 0.262 e. The van der Waals surface area contributed by atoms with Gasteiger partial charge in [0.15, 0.2) is 0 Å². The number of sulfonamides is 2. The lowest BCUT2D eigenvalue weighted by molar-refractivity contribution is 0.598. The molecule has 0 atom stereocenters. The Balaban J connectivity index is 1.98. The first-order chi connectivity index (χ1) is 15.6. The van der Waals surface area contributed by atoms with E-state index >= 15 is 0 Å². The van der Waals surface area contributed by atoms with Crippen molar-refractivity contribution in [3.63, 3.8) is 0 Å². The number of benzene rings is 3. The Labute approximate surface area is 211 Å². The summed E-state index contributed by atoms with van der Waals surface area (Å²) in [5.74, 6) is 0. The molecule has 6 nitrogen and oxygen atoms in total. The van der Waals surface area contributed by atoms with Gasteiger partial charge in [0, 0.05) is 0 Å². The van der Waals surface area contributed by atoms with Crippen molar-refractivity contribution in [3.05, 3.63) is 79.8 Å². The molecule has 0 aromatic heterocycles. The molecule has 0 radical (unpaired) electrons. The van der Waals surface area contributed by atoms with Gasteiger partial charge < -0.3 is 0 Å². The highest BCUT2D eigenvalue weighted by molar-refractivity contribution is 7.93. The minimum Gasteiger partial charge on any atom is -0.278 e. The highest BCUT2D eigenvalue weighted by atomic mass is 35.5. The summed E-state index contributed by atoms with van der Waals surface area (Å²) in [6.07, 6.45) is 0. The molecule has 0 amide bonds. The van der Waals surface area contributed by atoms with E-state index in [0.29, 0.717) is 22.3 Å². The predicted molar refractivity (Wildman–Crippen MR) is 139 cm³/mol. The zero-order valence-corrected chi connectivity index (χ0v) is 22.8. The molecule has 0 saturated heterocycles. The SMILES string of the molecule is Cc1cc(C)c(S(=O)(=O)Nc2ccc(NS(=O)(=O)c3c(C)cc(C)cc3C)c(Cl)c2Cl)c(C)c1. The van der Waals surface area contributed by atoms with Crippen molar-refractivity contribution >= 4 is 54.6 Å². The maximum Gasteiger partial charge on any atom is 0.262 e. The first kappa shape index (κ1) is 26.3. The number of aryl methyl sites for hydroxylation is 6. The Morgan fingerprint density at radius 1 is 0.559 bits per heavy atom. The second-order valence-electron chi connectivity index (χ2n) is 8.46. The Hall–Kier alpha value is -2.26. The van der Waals surface area contributed by atoms with Crippen molar-refractivity contribution in [2.45, 2.75) is 51.3 Å². The number of halogens is 2. The molecular formula is C24H26Cl2N2O4S2. The number of nitrogens with one attached hydrogen (secondary N) is 2. The molecule has 0 aliphatic rings. The van der Waals surface area contributed by atoms with Crippen LogP contribution >= 0.6 is 23.2 Å². The molecule has 0 bridgehead atoms. The topological polar surface area (TPSA) is 92.3 Å². The summed E-state index contributed by atoms with van der Waals surface area (Å²) in [4.78, 5) is 0.306. The Kier molecular flexibility index (Phi) is 7.30. The number of hydrogen-bond donors (Lipinski definition) is 2. The molecule has 3 aromatic carbocycles. The van der Waals surface area contributed by atoms with Crippen LogP contribution in [0.4, 0.5) is 11.4 Å². The summed E-state index contributed by atoms with van der Waals surface area (Å²) in [5, 5.41) is -0.240. The molecule has 0 aliphatic carbocycles. The van der Waals surface area contributed by atoms with Gasteiger partial charge >= 0.3 is 0 Å². The summed E-state index contributed by atoms with van der Waals surface area (Å²) in [6, 6.07) is 9.87. The third kappa shape index (κ3) is 5.20. The summed E-state index contributed by atoms with van der Waals surface area (Å²) in [7, 11) is -7.94. The Bertz CT molecular complexity index is 1360. The Morgan fingerprint density at radius 2 is 0.824 bits per heavy atom. The van der Waals surface area contributed by atoms with Crippen LogP contribution in [-0.4, -0.2) is 16.8 Å². The fourth-order valence-corrected chi connectivity index (χ4v) is 7.87. The number of anilines is 2. The lowest BCUT2D eigenvalue weighted by Gasteiger charge is -2.18. The first-order valence-electron chi connectivity index (χ1n) is 10.3. The van der Waals surface area contributed by atoms with Crippen molar-refractivity contribution in [2.24, 2.45) is 0 Å². The van der Waals surface area contributed by atoms with E-state index in [0.717, 1.165) is 11.1 Å². The minimum atomic E-state index is -3.97. The molecule has 34 heavy (non-hydrogen) atoms. The molecule has 0 unspecified atom stereocenters.